The van der Waals surface area contributed by atoms with Crippen LogP contribution in [0.15, 0.2) is 60.7 Å². The number of hydrogen-bond acceptors (Lipinski definition) is 19. The smallest absolute Gasteiger partial charge is 0.407 e. The topological polar surface area (TPSA) is 352 Å². The van der Waals surface area contributed by atoms with Gasteiger partial charge in [0.25, 0.3) is 0 Å². The number of aliphatic carboxylic acids is 1. The molecular formula is C70H114N8O19. The molecule has 0 aliphatic carbocycles. The Labute approximate surface area is 574 Å². The Morgan fingerprint density at radius 2 is 0.732 bits per heavy atom. The molecule has 2 fully saturated rings. The summed E-state index contributed by atoms with van der Waals surface area (Å²) in [6.07, 6.45) is 0.376. The number of nitrogens with zero attached hydrogens (tertiary/aromatic N) is 1. The molecule has 0 aromatic heterocycles. The molecule has 2 aliphatic rings. The van der Waals surface area contributed by atoms with E-state index in [1.807, 2.05) is 102 Å². The molecule has 8 N–H and O–H groups in total. The molecule has 97 heavy (non-hydrogen) atoms. The molecule has 2 saturated heterocycles. The van der Waals surface area contributed by atoms with Gasteiger partial charge in [-0.05, 0) is 174 Å². The lowest BCUT2D eigenvalue weighted by atomic mass is 9.93. The minimum atomic E-state index is -1.02. The first-order valence-electron chi connectivity index (χ1n) is 33.3. The molecule has 548 valence electrons. The van der Waals surface area contributed by atoms with Crippen LogP contribution in [0.5, 0.6) is 0 Å². The van der Waals surface area contributed by atoms with Gasteiger partial charge in [0.1, 0.15) is 46.8 Å². The number of carboxylic acids is 1. The van der Waals surface area contributed by atoms with Gasteiger partial charge in [0.05, 0.1) is 30.8 Å². The standard InChI is InChI=1S/C35H56N4O9.C20H29NO6.C15H29N3O4/c1-33(2,3)46-30(42)36-18-14-13-17-25(19-28(40)45-23-24-15-11-10-12-16-24)29(41)39-21-26(37-31(43)47-34(4,5)6)20-27(22-39)38-32(44)48-35(7,8)9;1-20(2,3)27-19(25)21-12-8-7-11-16(18(23)24)13-17(22)26-14-15-9-5-4-6-10-15;1-14(2,3)21-12(19)17-10-7-11(9-16-8-10)18-13(20)22-15(4,5)6/h10-12,15-16,25-27H,13-14,17-23H2,1-9H3,(H,36,42)(H,37,43)(H,38,44);4-6,9-10,16H,7-8,11-14H2,1-3H3,(H,21,25)(H,23,24);10-11,16H,7-9H2,1-6H3,(H,17,19)(H,18,20)/t25-,26-,27+;16-;10-,11+/m11./s1. The third-order valence-corrected chi connectivity index (χ3v) is 13.3. The fraction of sp³-hybridized carbons (Fsp3) is 0.686. The highest BCUT2D eigenvalue weighted by Gasteiger charge is 2.37. The summed E-state index contributed by atoms with van der Waals surface area (Å²) in [5.74, 6) is -3.91. The van der Waals surface area contributed by atoms with Crippen molar-refractivity contribution in [1.29, 1.82) is 0 Å². The van der Waals surface area contributed by atoms with E-state index in [1.54, 1.807) is 88.0 Å². The second-order valence-electron chi connectivity index (χ2n) is 30.0. The van der Waals surface area contributed by atoms with Gasteiger partial charge in [0, 0.05) is 57.3 Å². The summed E-state index contributed by atoms with van der Waals surface area (Å²) in [6, 6.07) is 17.2. The van der Waals surface area contributed by atoms with Crippen LogP contribution in [-0.4, -0.2) is 167 Å². The van der Waals surface area contributed by atoms with Crippen molar-refractivity contribution in [2.24, 2.45) is 11.8 Å². The van der Waals surface area contributed by atoms with Gasteiger partial charge in [-0.15, -0.1) is 0 Å². The predicted molar refractivity (Wildman–Crippen MR) is 364 cm³/mol. The van der Waals surface area contributed by atoms with Crippen molar-refractivity contribution < 1.29 is 90.9 Å². The fourth-order valence-corrected chi connectivity index (χ4v) is 9.47. The van der Waals surface area contributed by atoms with Crippen LogP contribution < -0.4 is 37.2 Å². The lowest BCUT2D eigenvalue weighted by molar-refractivity contribution is -0.152. The highest BCUT2D eigenvalue weighted by molar-refractivity contribution is 5.84. The van der Waals surface area contributed by atoms with Crippen LogP contribution in [0.2, 0.25) is 0 Å². The zero-order valence-corrected chi connectivity index (χ0v) is 60.7. The van der Waals surface area contributed by atoms with Crippen molar-refractivity contribution in [1.82, 2.24) is 42.1 Å². The summed E-state index contributed by atoms with van der Waals surface area (Å²) < 4.78 is 42.4. The van der Waals surface area contributed by atoms with Crippen LogP contribution in [0.4, 0.5) is 28.8 Å². The second kappa shape index (κ2) is 40.6. The molecule has 2 aromatic rings. The Morgan fingerprint density at radius 1 is 0.433 bits per heavy atom. The maximum Gasteiger partial charge on any atom is 0.407 e. The summed E-state index contributed by atoms with van der Waals surface area (Å²) in [4.78, 5) is 124. The number of amides is 7. The number of hydrogen-bond donors (Lipinski definition) is 8. The SMILES string of the molecule is CC(C)(C)OC(=O)NCCCC[C@H](CC(=O)OCc1ccccc1)C(=O)N1C[C@H](NC(=O)OC(C)(C)C)C[C@H](NC(=O)OC(C)(C)C)C1.CC(C)(C)OC(=O)NCCCC[C@H](CC(=O)OCc1ccccc1)C(=O)O.CC(C)(C)OC(=O)N[C@@H]1CNC[C@H](NC(=O)OC(C)(C)C)C1. The lowest BCUT2D eigenvalue weighted by Crippen LogP contribution is -2.59. The van der Waals surface area contributed by atoms with Crippen LogP contribution in [-0.2, 0) is 70.3 Å². The Bertz CT molecular complexity index is 2710. The van der Waals surface area contributed by atoms with E-state index in [0.717, 1.165) is 11.1 Å². The first kappa shape index (κ1) is 85.0. The van der Waals surface area contributed by atoms with Crippen LogP contribution in [0.25, 0.3) is 0 Å². The van der Waals surface area contributed by atoms with Gasteiger partial charge in [-0.1, -0.05) is 73.5 Å². The van der Waals surface area contributed by atoms with Gasteiger partial charge in [-0.2, -0.15) is 0 Å². The lowest BCUT2D eigenvalue weighted by Gasteiger charge is -2.40. The van der Waals surface area contributed by atoms with Crippen molar-refractivity contribution in [2.75, 3.05) is 39.3 Å². The Morgan fingerprint density at radius 3 is 1.06 bits per heavy atom. The summed E-state index contributed by atoms with van der Waals surface area (Å²) in [6.45, 7) is 34.6. The largest absolute Gasteiger partial charge is 0.481 e. The van der Waals surface area contributed by atoms with Crippen molar-refractivity contribution in [3.8, 4) is 0 Å². The normalized spacial score (nSPS) is 17.1. The number of esters is 2. The number of alkyl carbamates (subject to hydrolysis) is 6. The van der Waals surface area contributed by atoms with E-state index in [1.165, 1.54) is 0 Å². The quantitative estimate of drug-likeness (QED) is 0.0275. The number of benzene rings is 2. The molecule has 0 bridgehead atoms. The molecular weight excluding hydrogens is 1260 g/mol. The van der Waals surface area contributed by atoms with Crippen molar-refractivity contribution in [3.05, 3.63) is 71.8 Å². The Kier molecular flexibility index (Phi) is 35.6. The Hall–Kier alpha value is -8.10. The molecule has 0 radical (unpaired) electrons. The van der Waals surface area contributed by atoms with Gasteiger partial charge >= 0.3 is 54.5 Å². The highest BCUT2D eigenvalue weighted by atomic mass is 16.6. The van der Waals surface area contributed by atoms with Crippen LogP contribution in [0.3, 0.4) is 0 Å². The molecule has 2 aromatic carbocycles. The number of nitrogens with one attached hydrogen (secondary N) is 7. The summed E-state index contributed by atoms with van der Waals surface area (Å²) >= 11 is 0. The minimum absolute atomic E-state index is 0.0773. The first-order chi connectivity index (χ1) is 44.8. The van der Waals surface area contributed by atoms with E-state index in [-0.39, 0.29) is 57.1 Å². The van der Waals surface area contributed by atoms with E-state index < -0.39 is 112 Å². The maximum absolute atomic E-state index is 14.1. The maximum atomic E-state index is 14.1. The van der Waals surface area contributed by atoms with Crippen molar-refractivity contribution in [3.63, 3.8) is 0 Å². The molecule has 0 saturated carbocycles. The number of likely N-dealkylation sites (tertiary alicyclic amines) is 1. The molecule has 27 heteroatoms. The van der Waals surface area contributed by atoms with E-state index in [9.17, 15) is 53.1 Å². The number of piperidine rings is 2. The molecule has 4 rings (SSSR count). The fourth-order valence-electron chi connectivity index (χ4n) is 9.47. The number of carbonyl (C=O) groups excluding carboxylic acids is 9. The van der Waals surface area contributed by atoms with Gasteiger partial charge in [0.15, 0.2) is 0 Å². The summed E-state index contributed by atoms with van der Waals surface area (Å²) in [7, 11) is 0. The molecule has 0 spiro atoms. The third-order valence-electron chi connectivity index (χ3n) is 13.3. The van der Waals surface area contributed by atoms with Crippen molar-refractivity contribution in [2.45, 2.75) is 260 Å². The van der Waals surface area contributed by atoms with E-state index in [0.29, 0.717) is 77.5 Å². The van der Waals surface area contributed by atoms with Gasteiger partial charge < -0.3 is 85.1 Å². The number of unbranched alkanes of at least 4 members (excludes halogenated alkanes) is 2. The number of rotatable bonds is 24. The molecule has 2 heterocycles. The average Bonchev–Trinajstić information content (AvgIpc) is 0.929. The second-order valence-corrected chi connectivity index (χ2v) is 30.0. The number of carboxylic acid groups (broad SMARTS) is 1. The predicted octanol–water partition coefficient (Wildman–Crippen LogP) is 10.7. The first-order valence-corrected chi connectivity index (χ1v) is 33.3. The zero-order valence-electron chi connectivity index (χ0n) is 60.7. The molecule has 6 atom stereocenters. The highest BCUT2D eigenvalue weighted by Crippen LogP contribution is 2.24. The van der Waals surface area contributed by atoms with Gasteiger partial charge in [-0.3, -0.25) is 19.2 Å². The van der Waals surface area contributed by atoms with Gasteiger partial charge in [0.2, 0.25) is 5.91 Å². The monoisotopic (exact) mass is 1370 g/mol. The van der Waals surface area contributed by atoms with E-state index >= 15 is 0 Å². The molecule has 27 nitrogen and oxygen atoms in total. The number of carbonyl (C=O) groups is 10. The minimum Gasteiger partial charge on any atom is -0.481 e. The van der Waals surface area contributed by atoms with Crippen LogP contribution in [0, 0.1) is 11.8 Å². The van der Waals surface area contributed by atoms with Crippen LogP contribution in [0.1, 0.15) is 200 Å². The van der Waals surface area contributed by atoms with E-state index in [2.05, 4.69) is 37.2 Å². The summed E-state index contributed by atoms with van der Waals surface area (Å²) in [5.41, 5.74) is -2.02. The average molecular weight is 1370 g/mol. The third kappa shape index (κ3) is 43.6. The molecule has 0 unspecified atom stereocenters. The Balaban J connectivity index is 0.000000548. The van der Waals surface area contributed by atoms with Crippen molar-refractivity contribution >= 4 is 60.4 Å². The van der Waals surface area contributed by atoms with Gasteiger partial charge in [-0.25, -0.2) is 28.8 Å². The zero-order chi connectivity index (χ0) is 73.4. The van der Waals surface area contributed by atoms with Crippen LogP contribution >= 0.6 is 0 Å². The molecule has 7 amide bonds. The summed E-state index contributed by atoms with van der Waals surface area (Å²) in [5, 5.41) is 29.1. The van der Waals surface area contributed by atoms with E-state index in [4.69, 9.17) is 37.9 Å². The number of ether oxygens (including phenoxy) is 8. The molecule has 2 aliphatic heterocycles.